The van der Waals surface area contributed by atoms with E-state index in [9.17, 15) is 19.8 Å². The van der Waals surface area contributed by atoms with E-state index in [1.807, 2.05) is 6.92 Å². The van der Waals surface area contributed by atoms with E-state index in [4.69, 9.17) is 24.7 Å². The summed E-state index contributed by atoms with van der Waals surface area (Å²) in [5.41, 5.74) is 4.40. The van der Waals surface area contributed by atoms with Crippen molar-refractivity contribution in [2.24, 2.45) is 56.5 Å². The van der Waals surface area contributed by atoms with Gasteiger partial charge in [-0.3, -0.25) is 14.5 Å². The molecule has 278 valence electrons. The van der Waals surface area contributed by atoms with Gasteiger partial charge in [0.15, 0.2) is 12.4 Å². The van der Waals surface area contributed by atoms with Gasteiger partial charge in [0.05, 0.1) is 49.2 Å². The molecule has 2 saturated heterocycles. The van der Waals surface area contributed by atoms with Gasteiger partial charge in [0.2, 0.25) is 5.91 Å². The molecule has 2 aliphatic heterocycles. The quantitative estimate of drug-likeness (QED) is 0.332. The standard InChI is InChI=1S/C39H64N2O8/c1-21-18-24(32(35(6,7)45)47-23(3)42)48-30-29(21)36(8)14-15-39-20-38(39)13-12-27(49-28-19-41(16-17-46-28)22(2)33(40)44)34(4,5)25(38)10-11-26(39)37(36,9)31(30)43/h21-22,24-32,43,45H,10-20H2,1-9H3,(H2,40,44)/t21-,22+,24?,25+,26?,27?,28+,29+,30?,31+,32+,36-,37-,38-,39+/m1/s1. The van der Waals surface area contributed by atoms with Crippen LogP contribution in [0.3, 0.4) is 0 Å². The normalized spacial score (nSPS) is 50.1. The molecule has 2 heterocycles. The van der Waals surface area contributed by atoms with Gasteiger partial charge in [-0.15, -0.1) is 0 Å². The number of amides is 1. The number of primary amides is 1. The number of aliphatic hydroxyl groups is 2. The summed E-state index contributed by atoms with van der Waals surface area (Å²) in [5.74, 6) is 0.630. The van der Waals surface area contributed by atoms with Crippen LogP contribution in [0.4, 0.5) is 0 Å². The van der Waals surface area contributed by atoms with Gasteiger partial charge in [-0.25, -0.2) is 0 Å². The van der Waals surface area contributed by atoms with Crippen LogP contribution in [0.2, 0.25) is 0 Å². The fourth-order valence-electron chi connectivity index (χ4n) is 14.0. The summed E-state index contributed by atoms with van der Waals surface area (Å²) in [7, 11) is 0. The van der Waals surface area contributed by atoms with Gasteiger partial charge in [-0.1, -0.05) is 34.6 Å². The van der Waals surface area contributed by atoms with Crippen molar-refractivity contribution >= 4 is 11.9 Å². The van der Waals surface area contributed by atoms with Crippen LogP contribution in [0.5, 0.6) is 0 Å². The van der Waals surface area contributed by atoms with Crippen molar-refractivity contribution in [2.45, 2.75) is 162 Å². The number of carbonyl (C=O) groups is 2. The number of morpholine rings is 1. The molecular formula is C39H64N2O8. The molecule has 10 heteroatoms. The fourth-order valence-corrected chi connectivity index (χ4v) is 14.0. The molecule has 0 aromatic heterocycles. The lowest BCUT2D eigenvalue weighted by Crippen LogP contribution is -2.60. The van der Waals surface area contributed by atoms with Gasteiger partial charge in [0, 0.05) is 18.9 Å². The monoisotopic (exact) mass is 688 g/mol. The zero-order chi connectivity index (χ0) is 35.7. The summed E-state index contributed by atoms with van der Waals surface area (Å²) in [5, 5.41) is 23.6. The number of esters is 1. The Morgan fingerprint density at radius 1 is 1.04 bits per heavy atom. The Balaban J connectivity index is 1.12. The molecule has 5 saturated carbocycles. The predicted octanol–water partition coefficient (Wildman–Crippen LogP) is 4.42. The van der Waals surface area contributed by atoms with E-state index in [1.165, 1.54) is 19.8 Å². The number of hydrogen-bond donors (Lipinski definition) is 3. The Hall–Kier alpha value is -1.30. The van der Waals surface area contributed by atoms with Gasteiger partial charge in [0.1, 0.15) is 0 Å². The SMILES string of the molecule is CC(=O)O[C@@H](C1C[C@@H](C)[C@H]2C(O1)[C@H](O)[C@@]1(C)C3CC[C@H]4C(C)(C)C(O[C@H]5CN([C@@H](C)C(N)=O)CCO5)CC[C@@]45C[C@@]35CC[C@]21C)C(C)(C)O. The minimum atomic E-state index is -1.27. The van der Waals surface area contributed by atoms with Crippen molar-refractivity contribution in [3.63, 3.8) is 0 Å². The third-order valence-electron chi connectivity index (χ3n) is 16.4. The van der Waals surface area contributed by atoms with Crippen LogP contribution in [0.25, 0.3) is 0 Å². The summed E-state index contributed by atoms with van der Waals surface area (Å²) in [6.07, 6.45) is 5.95. The number of hydrogen-bond acceptors (Lipinski definition) is 9. The Kier molecular flexibility index (Phi) is 8.54. The van der Waals surface area contributed by atoms with Crippen molar-refractivity contribution in [3.8, 4) is 0 Å². The van der Waals surface area contributed by atoms with Crippen molar-refractivity contribution in [1.29, 1.82) is 0 Å². The maximum absolute atomic E-state index is 12.6. The summed E-state index contributed by atoms with van der Waals surface area (Å²) < 4.78 is 25.4. The minimum Gasteiger partial charge on any atom is -0.457 e. The predicted molar refractivity (Wildman–Crippen MR) is 183 cm³/mol. The van der Waals surface area contributed by atoms with Crippen LogP contribution in [-0.2, 0) is 28.5 Å². The summed E-state index contributed by atoms with van der Waals surface area (Å²) in [6.45, 7) is 20.3. The van der Waals surface area contributed by atoms with E-state index in [0.717, 1.165) is 32.1 Å². The second-order valence-corrected chi connectivity index (χ2v) is 19.2. The molecule has 10 nitrogen and oxygen atoms in total. The second-order valence-electron chi connectivity index (χ2n) is 19.2. The highest BCUT2D eigenvalue weighted by Gasteiger charge is 2.84. The molecule has 7 rings (SSSR count). The zero-order valence-electron chi connectivity index (χ0n) is 31.5. The number of ether oxygens (including phenoxy) is 4. The average molecular weight is 689 g/mol. The van der Waals surface area contributed by atoms with E-state index < -0.39 is 29.9 Å². The molecule has 4 N–H and O–H groups in total. The number of aliphatic hydroxyl groups excluding tert-OH is 1. The number of nitrogens with zero attached hydrogens (tertiary/aromatic N) is 1. The van der Waals surface area contributed by atoms with Gasteiger partial charge in [-0.05, 0) is 117 Å². The van der Waals surface area contributed by atoms with E-state index in [0.29, 0.717) is 38.0 Å². The van der Waals surface area contributed by atoms with E-state index in [1.54, 1.807) is 13.8 Å². The Morgan fingerprint density at radius 3 is 2.37 bits per heavy atom. The van der Waals surface area contributed by atoms with Gasteiger partial charge < -0.3 is 34.9 Å². The molecule has 0 aromatic carbocycles. The minimum absolute atomic E-state index is 0.0364. The van der Waals surface area contributed by atoms with Crippen molar-refractivity contribution in [2.75, 3.05) is 19.7 Å². The van der Waals surface area contributed by atoms with Gasteiger partial charge in [0.25, 0.3) is 0 Å². The molecule has 2 spiro atoms. The molecule has 0 radical (unpaired) electrons. The van der Waals surface area contributed by atoms with E-state index in [2.05, 4.69) is 39.5 Å². The highest BCUT2D eigenvalue weighted by Crippen LogP contribution is 2.89. The molecule has 7 aliphatic rings. The van der Waals surface area contributed by atoms with E-state index in [-0.39, 0.29) is 69.4 Å². The van der Waals surface area contributed by atoms with Crippen LogP contribution in [-0.4, -0.2) is 95.1 Å². The molecule has 0 aromatic rings. The van der Waals surface area contributed by atoms with Crippen molar-refractivity contribution < 1.29 is 38.7 Å². The maximum Gasteiger partial charge on any atom is 0.303 e. The second kappa shape index (κ2) is 11.6. The van der Waals surface area contributed by atoms with Crippen molar-refractivity contribution in [3.05, 3.63) is 0 Å². The van der Waals surface area contributed by atoms with Gasteiger partial charge >= 0.3 is 5.97 Å². The van der Waals surface area contributed by atoms with E-state index >= 15 is 0 Å². The number of rotatable bonds is 7. The lowest BCUT2D eigenvalue weighted by molar-refractivity contribution is -0.250. The molecule has 15 atom stereocenters. The average Bonchev–Trinajstić information content (AvgIpc) is 3.65. The largest absolute Gasteiger partial charge is 0.457 e. The molecule has 0 bridgehead atoms. The first kappa shape index (κ1) is 36.1. The molecule has 5 aliphatic carbocycles. The Morgan fingerprint density at radius 2 is 1.71 bits per heavy atom. The first-order valence-electron chi connectivity index (χ1n) is 19.3. The van der Waals surface area contributed by atoms with Crippen LogP contribution in [0.15, 0.2) is 0 Å². The zero-order valence-corrected chi connectivity index (χ0v) is 31.5. The van der Waals surface area contributed by atoms with Crippen LogP contribution >= 0.6 is 0 Å². The summed E-state index contributed by atoms with van der Waals surface area (Å²) in [4.78, 5) is 26.1. The fraction of sp³-hybridized carbons (Fsp3) is 0.949. The summed E-state index contributed by atoms with van der Waals surface area (Å²) in [6, 6.07) is -0.344. The Labute approximate surface area is 293 Å². The first-order valence-corrected chi connectivity index (χ1v) is 19.3. The highest BCUT2D eigenvalue weighted by atomic mass is 16.7. The van der Waals surface area contributed by atoms with Crippen molar-refractivity contribution in [1.82, 2.24) is 4.90 Å². The smallest absolute Gasteiger partial charge is 0.303 e. The number of carbonyl (C=O) groups excluding carboxylic acids is 2. The summed E-state index contributed by atoms with van der Waals surface area (Å²) >= 11 is 0. The lowest BCUT2D eigenvalue weighted by Gasteiger charge is -2.64. The third kappa shape index (κ3) is 4.99. The molecule has 4 unspecified atom stereocenters. The Bertz CT molecular complexity index is 1330. The molecule has 7 fully saturated rings. The number of fused-ring (bicyclic) bond motifs is 4. The first-order chi connectivity index (χ1) is 22.7. The molecular weight excluding hydrogens is 624 g/mol. The van der Waals surface area contributed by atoms with Gasteiger partial charge in [-0.2, -0.15) is 0 Å². The topological polar surface area (TPSA) is 141 Å². The maximum atomic E-state index is 12.6. The van der Waals surface area contributed by atoms with Crippen LogP contribution in [0.1, 0.15) is 114 Å². The lowest BCUT2D eigenvalue weighted by atomic mass is 9.41. The molecule has 49 heavy (non-hydrogen) atoms. The van der Waals surface area contributed by atoms with Crippen LogP contribution in [0, 0.1) is 50.7 Å². The number of nitrogens with two attached hydrogens (primary N) is 1. The third-order valence-corrected chi connectivity index (χ3v) is 16.4. The molecule has 1 amide bonds. The van der Waals surface area contributed by atoms with Crippen LogP contribution < -0.4 is 5.73 Å². The highest BCUT2D eigenvalue weighted by molar-refractivity contribution is 5.79.